The fourth-order valence-corrected chi connectivity index (χ4v) is 4.52. The van der Waals surface area contributed by atoms with Gasteiger partial charge in [-0.3, -0.25) is 4.98 Å². The van der Waals surface area contributed by atoms with E-state index in [9.17, 15) is 8.78 Å². The number of benzene rings is 1. The first-order valence-corrected chi connectivity index (χ1v) is 11.0. The summed E-state index contributed by atoms with van der Waals surface area (Å²) in [7, 11) is 0. The van der Waals surface area contributed by atoms with E-state index >= 15 is 0 Å². The van der Waals surface area contributed by atoms with Crippen molar-refractivity contribution in [2.75, 3.05) is 6.61 Å². The molecule has 2 unspecified atom stereocenters. The van der Waals surface area contributed by atoms with E-state index in [1.807, 2.05) is 50.1 Å². The molecule has 2 heterocycles. The number of hydrogen-bond acceptors (Lipinski definition) is 5. The Balaban J connectivity index is 1.52. The zero-order valence-corrected chi connectivity index (χ0v) is 18.4. The molecule has 2 atom stereocenters. The summed E-state index contributed by atoms with van der Waals surface area (Å²) < 4.78 is 39.1. The Bertz CT molecular complexity index is 977. The van der Waals surface area contributed by atoms with Crippen molar-refractivity contribution in [2.24, 2.45) is 5.73 Å². The first kappa shape index (κ1) is 21.8. The second-order valence-corrected chi connectivity index (χ2v) is 8.93. The Kier molecular flexibility index (Phi) is 6.06. The number of halogens is 2. The molecule has 1 aliphatic heterocycles. The predicted octanol–water partition coefficient (Wildman–Crippen LogP) is 4.77. The summed E-state index contributed by atoms with van der Waals surface area (Å²) in [5.74, 6) is -1.88. The fourth-order valence-electron chi connectivity index (χ4n) is 4.52. The highest BCUT2D eigenvalue weighted by molar-refractivity contribution is 5.84. The van der Waals surface area contributed by atoms with E-state index in [1.54, 1.807) is 6.20 Å². The molecule has 1 aliphatic carbocycles. The van der Waals surface area contributed by atoms with E-state index in [1.165, 1.54) is 5.56 Å². The lowest BCUT2D eigenvalue weighted by Crippen LogP contribution is -2.37. The van der Waals surface area contributed by atoms with Crippen molar-refractivity contribution >= 4 is 10.9 Å². The fraction of sp³-hybridized carbons (Fsp3) is 0.542. The van der Waals surface area contributed by atoms with Crippen LogP contribution in [-0.4, -0.2) is 40.6 Å². The molecule has 0 radical (unpaired) electrons. The third-order valence-electron chi connectivity index (χ3n) is 6.27. The monoisotopic (exact) mass is 431 g/mol. The molecular formula is C24H31F2N3O2. The summed E-state index contributed by atoms with van der Waals surface area (Å²) in [6.07, 6.45) is 4.41. The van der Waals surface area contributed by atoms with Crippen LogP contribution in [0.5, 0.6) is 5.75 Å². The van der Waals surface area contributed by atoms with E-state index in [0.29, 0.717) is 31.1 Å². The number of aromatic nitrogens is 1. The molecule has 5 nitrogen and oxygen atoms in total. The van der Waals surface area contributed by atoms with Crippen molar-refractivity contribution in [2.45, 2.75) is 77.2 Å². The number of fused-ring (bicyclic) bond motifs is 3. The number of alkyl halides is 2. The topological polar surface area (TPSA) is 60.6 Å². The first-order chi connectivity index (χ1) is 14.7. The number of pyridine rings is 1. The van der Waals surface area contributed by atoms with Gasteiger partial charge < -0.3 is 20.1 Å². The maximum Gasteiger partial charge on any atom is 0.250 e. The van der Waals surface area contributed by atoms with Gasteiger partial charge in [-0.1, -0.05) is 0 Å². The lowest BCUT2D eigenvalue weighted by Gasteiger charge is -2.32. The zero-order chi connectivity index (χ0) is 22.2. The minimum atomic E-state index is -2.59. The molecule has 7 heteroatoms. The summed E-state index contributed by atoms with van der Waals surface area (Å²) in [5, 5.41) is 1.07. The van der Waals surface area contributed by atoms with Gasteiger partial charge in [-0.15, -0.1) is 0 Å². The van der Waals surface area contributed by atoms with Crippen LogP contribution in [0.1, 0.15) is 51.2 Å². The second-order valence-electron chi connectivity index (χ2n) is 8.93. The van der Waals surface area contributed by atoms with Gasteiger partial charge in [0.25, 0.3) is 0 Å². The molecule has 0 saturated heterocycles. The largest absolute Gasteiger partial charge is 0.484 e. The normalized spacial score (nSPS) is 21.9. The standard InChI is InChI=1S/C24H31F2N3O2/c1-15(2)29(18-6-8-24(25,26)11-18)13-22(27)16(3)31-19-4-5-23-21(10-19)20-7-9-30-14-17(20)12-28-23/h4-5,10,12-13,15-16,18H,6-9,11,14,27H2,1-3H3/b22-13-. The van der Waals surface area contributed by atoms with Crippen LogP contribution in [0.3, 0.4) is 0 Å². The van der Waals surface area contributed by atoms with E-state index in [0.717, 1.165) is 22.9 Å². The van der Waals surface area contributed by atoms with Crippen LogP contribution in [-0.2, 0) is 17.8 Å². The average molecular weight is 432 g/mol. The van der Waals surface area contributed by atoms with Gasteiger partial charge in [0.1, 0.15) is 11.9 Å². The van der Waals surface area contributed by atoms with Gasteiger partial charge in [0.2, 0.25) is 5.92 Å². The summed E-state index contributed by atoms with van der Waals surface area (Å²) in [6.45, 7) is 7.16. The van der Waals surface area contributed by atoms with Gasteiger partial charge >= 0.3 is 0 Å². The number of nitrogens with zero attached hydrogens (tertiary/aromatic N) is 2. The van der Waals surface area contributed by atoms with Gasteiger partial charge in [0.15, 0.2) is 0 Å². The van der Waals surface area contributed by atoms with E-state index < -0.39 is 12.0 Å². The smallest absolute Gasteiger partial charge is 0.250 e. The van der Waals surface area contributed by atoms with Crippen molar-refractivity contribution in [3.05, 3.63) is 47.4 Å². The summed E-state index contributed by atoms with van der Waals surface area (Å²) in [4.78, 5) is 6.48. The number of hydrogen-bond donors (Lipinski definition) is 1. The number of rotatable bonds is 6. The van der Waals surface area contributed by atoms with Crippen LogP contribution in [0.25, 0.3) is 10.9 Å². The molecule has 1 fully saturated rings. The molecular weight excluding hydrogens is 400 g/mol. The van der Waals surface area contributed by atoms with E-state index in [-0.39, 0.29) is 24.9 Å². The first-order valence-electron chi connectivity index (χ1n) is 11.0. The third-order valence-corrected chi connectivity index (χ3v) is 6.27. The van der Waals surface area contributed by atoms with Gasteiger partial charge in [0.05, 0.1) is 24.4 Å². The molecule has 0 amide bonds. The van der Waals surface area contributed by atoms with Crippen molar-refractivity contribution in [1.29, 1.82) is 0 Å². The highest BCUT2D eigenvalue weighted by atomic mass is 19.3. The Morgan fingerprint density at radius 2 is 2.16 bits per heavy atom. The molecule has 2 aliphatic rings. The van der Waals surface area contributed by atoms with Gasteiger partial charge in [-0.25, -0.2) is 8.78 Å². The van der Waals surface area contributed by atoms with Crippen LogP contribution in [0.4, 0.5) is 8.78 Å². The Morgan fingerprint density at radius 3 is 2.87 bits per heavy atom. The number of ether oxygens (including phenoxy) is 2. The third kappa shape index (κ3) is 4.76. The molecule has 1 aromatic carbocycles. The summed E-state index contributed by atoms with van der Waals surface area (Å²) >= 11 is 0. The molecule has 1 aromatic heterocycles. The highest BCUT2D eigenvalue weighted by Gasteiger charge is 2.41. The van der Waals surface area contributed by atoms with Crippen molar-refractivity contribution < 1.29 is 18.3 Å². The maximum atomic E-state index is 13.7. The lowest BCUT2D eigenvalue weighted by molar-refractivity contribution is 0.00185. The van der Waals surface area contributed by atoms with Gasteiger partial charge in [-0.2, -0.15) is 0 Å². The van der Waals surface area contributed by atoms with Crippen molar-refractivity contribution in [3.63, 3.8) is 0 Å². The maximum absolute atomic E-state index is 13.7. The molecule has 2 aromatic rings. The SMILES string of the molecule is CC(Oc1ccc2ncc3c(c2c1)CCOC3)/C(N)=C/N(C(C)C)C1CCC(F)(F)C1. The minimum Gasteiger partial charge on any atom is -0.484 e. The Morgan fingerprint density at radius 1 is 1.35 bits per heavy atom. The molecule has 31 heavy (non-hydrogen) atoms. The molecule has 4 rings (SSSR count). The molecule has 0 spiro atoms. The van der Waals surface area contributed by atoms with Crippen LogP contribution < -0.4 is 10.5 Å². The quantitative estimate of drug-likeness (QED) is 0.714. The predicted molar refractivity (Wildman–Crippen MR) is 117 cm³/mol. The molecule has 1 saturated carbocycles. The van der Waals surface area contributed by atoms with Crippen LogP contribution >= 0.6 is 0 Å². The highest BCUT2D eigenvalue weighted by Crippen LogP contribution is 2.38. The molecule has 2 N–H and O–H groups in total. The Labute approximate surface area is 182 Å². The van der Waals surface area contributed by atoms with Crippen molar-refractivity contribution in [3.8, 4) is 5.75 Å². The molecule has 0 bridgehead atoms. The summed E-state index contributed by atoms with van der Waals surface area (Å²) in [5.41, 5.74) is 10.2. The molecule has 168 valence electrons. The van der Waals surface area contributed by atoms with Crippen LogP contribution in [0, 0.1) is 0 Å². The van der Waals surface area contributed by atoms with Crippen LogP contribution in [0.15, 0.2) is 36.3 Å². The average Bonchev–Trinajstić information content (AvgIpc) is 3.10. The zero-order valence-electron chi connectivity index (χ0n) is 18.4. The minimum absolute atomic E-state index is 0.0683. The van der Waals surface area contributed by atoms with Gasteiger partial charge in [-0.05, 0) is 62.9 Å². The van der Waals surface area contributed by atoms with E-state index in [2.05, 4.69) is 4.98 Å². The van der Waals surface area contributed by atoms with Gasteiger partial charge in [0, 0.05) is 42.7 Å². The lowest BCUT2D eigenvalue weighted by atomic mass is 10.00. The summed E-state index contributed by atoms with van der Waals surface area (Å²) in [6, 6.07) is 5.72. The Hall–Kier alpha value is -2.41. The second kappa shape index (κ2) is 8.61. The van der Waals surface area contributed by atoms with E-state index in [4.69, 9.17) is 15.2 Å². The number of nitrogens with two attached hydrogens (primary N) is 1. The van der Waals surface area contributed by atoms with Crippen LogP contribution in [0.2, 0.25) is 0 Å². The van der Waals surface area contributed by atoms with Crippen molar-refractivity contribution in [1.82, 2.24) is 9.88 Å².